The van der Waals surface area contributed by atoms with Crippen LogP contribution in [0, 0.1) is 6.92 Å². The van der Waals surface area contributed by atoms with E-state index in [-0.39, 0.29) is 17.4 Å². The van der Waals surface area contributed by atoms with Crippen LogP contribution in [0.5, 0.6) is 0 Å². The summed E-state index contributed by atoms with van der Waals surface area (Å²) in [5, 5.41) is 0. The first-order valence-electron chi connectivity index (χ1n) is 10.1. The lowest BCUT2D eigenvalue weighted by atomic mass is 9.93. The fourth-order valence-corrected chi connectivity index (χ4v) is 3.98. The Bertz CT molecular complexity index is 1050. The van der Waals surface area contributed by atoms with Gasteiger partial charge in [0, 0.05) is 49.1 Å². The maximum absolute atomic E-state index is 12.8. The quantitative estimate of drug-likeness (QED) is 0.742. The van der Waals surface area contributed by atoms with Gasteiger partial charge in [-0.1, -0.05) is 35.9 Å². The second-order valence-corrected chi connectivity index (χ2v) is 7.75. The first-order chi connectivity index (χ1) is 14.1. The van der Waals surface area contributed by atoms with Gasteiger partial charge in [0.2, 0.25) is 5.56 Å². The summed E-state index contributed by atoms with van der Waals surface area (Å²) in [5.41, 5.74) is 4.93. The molecule has 0 radical (unpaired) electrons. The summed E-state index contributed by atoms with van der Waals surface area (Å²) >= 11 is 0. The predicted octanol–water partition coefficient (Wildman–Crippen LogP) is 3.69. The number of pyridine rings is 2. The number of carbonyl (C=O) groups is 1. The smallest absolute Gasteiger partial charge is 0.255 e. The molecule has 3 heterocycles. The van der Waals surface area contributed by atoms with Gasteiger partial charge in [0.25, 0.3) is 5.91 Å². The number of H-pyrrole nitrogens is 1. The first-order valence-corrected chi connectivity index (χ1v) is 10.1. The van der Waals surface area contributed by atoms with E-state index in [0.717, 1.165) is 37.2 Å². The van der Waals surface area contributed by atoms with Gasteiger partial charge in [0.05, 0.1) is 5.56 Å². The summed E-state index contributed by atoms with van der Waals surface area (Å²) in [6.45, 7) is 3.49. The lowest BCUT2D eigenvalue weighted by Crippen LogP contribution is -2.39. The van der Waals surface area contributed by atoms with Gasteiger partial charge in [-0.05, 0) is 43.5 Å². The van der Waals surface area contributed by atoms with Crippen LogP contribution < -0.4 is 5.56 Å². The Labute approximate surface area is 170 Å². The van der Waals surface area contributed by atoms with E-state index in [4.69, 9.17) is 4.98 Å². The second kappa shape index (κ2) is 8.43. The molecule has 1 aromatic carbocycles. The zero-order valence-corrected chi connectivity index (χ0v) is 16.6. The summed E-state index contributed by atoms with van der Waals surface area (Å²) < 4.78 is 0. The molecule has 0 aliphatic carbocycles. The van der Waals surface area contributed by atoms with E-state index in [2.05, 4.69) is 54.4 Å². The van der Waals surface area contributed by atoms with Crippen LogP contribution in [-0.2, 0) is 6.42 Å². The monoisotopic (exact) mass is 387 g/mol. The normalized spacial score (nSPS) is 16.6. The topological polar surface area (TPSA) is 66.1 Å². The van der Waals surface area contributed by atoms with E-state index in [1.807, 2.05) is 4.90 Å². The minimum atomic E-state index is -0.201. The van der Waals surface area contributed by atoms with Crippen molar-refractivity contribution in [2.45, 2.75) is 32.1 Å². The largest absolute Gasteiger partial charge is 0.338 e. The van der Waals surface area contributed by atoms with Gasteiger partial charge in [0.1, 0.15) is 0 Å². The average molecular weight is 387 g/mol. The zero-order valence-electron chi connectivity index (χ0n) is 16.6. The highest BCUT2D eigenvalue weighted by molar-refractivity contribution is 5.94. The van der Waals surface area contributed by atoms with E-state index >= 15 is 0 Å². The van der Waals surface area contributed by atoms with Crippen molar-refractivity contribution in [2.75, 3.05) is 13.1 Å². The number of amides is 1. The van der Waals surface area contributed by atoms with Crippen LogP contribution in [-0.4, -0.2) is 33.9 Å². The van der Waals surface area contributed by atoms with Crippen molar-refractivity contribution < 1.29 is 4.79 Å². The zero-order chi connectivity index (χ0) is 20.2. The Morgan fingerprint density at radius 2 is 2.03 bits per heavy atom. The third-order valence-corrected chi connectivity index (χ3v) is 5.45. The lowest BCUT2D eigenvalue weighted by Gasteiger charge is -2.32. The maximum Gasteiger partial charge on any atom is 0.255 e. The lowest BCUT2D eigenvalue weighted by molar-refractivity contribution is 0.0705. The summed E-state index contributed by atoms with van der Waals surface area (Å²) in [6, 6.07) is 17.7. The molecular weight excluding hydrogens is 362 g/mol. The molecule has 0 unspecified atom stereocenters. The van der Waals surface area contributed by atoms with Crippen LogP contribution in [0.4, 0.5) is 0 Å². The molecule has 2 aromatic heterocycles. The Morgan fingerprint density at radius 1 is 1.17 bits per heavy atom. The van der Waals surface area contributed by atoms with Gasteiger partial charge >= 0.3 is 0 Å². The number of hydrogen-bond donors (Lipinski definition) is 1. The maximum atomic E-state index is 12.8. The van der Waals surface area contributed by atoms with E-state index in [1.165, 1.54) is 23.4 Å². The molecule has 3 aromatic rings. The van der Waals surface area contributed by atoms with E-state index < -0.39 is 0 Å². The number of carbonyl (C=O) groups excluding carboxylic acids is 1. The van der Waals surface area contributed by atoms with E-state index in [0.29, 0.717) is 12.1 Å². The number of likely N-dealkylation sites (tertiary alicyclic amines) is 1. The third-order valence-electron chi connectivity index (χ3n) is 5.45. The molecule has 1 aliphatic heterocycles. The highest BCUT2D eigenvalue weighted by Gasteiger charge is 2.26. The molecule has 1 atom stereocenters. The second-order valence-electron chi connectivity index (χ2n) is 7.75. The molecule has 4 rings (SSSR count). The molecular formula is C24H25N3O2. The summed E-state index contributed by atoms with van der Waals surface area (Å²) in [6.07, 6.45) is 4.27. The van der Waals surface area contributed by atoms with Crippen molar-refractivity contribution in [2.24, 2.45) is 0 Å². The van der Waals surface area contributed by atoms with Gasteiger partial charge in [0.15, 0.2) is 0 Å². The van der Waals surface area contributed by atoms with Crippen LogP contribution in [0.3, 0.4) is 0 Å². The molecule has 1 fully saturated rings. The molecule has 148 valence electrons. The van der Waals surface area contributed by atoms with Gasteiger partial charge in [-0.3, -0.25) is 14.6 Å². The standard InChI is InChI=1S/C24H25N3O2/c1-17-5-2-6-18(13-17)14-21-8-3-9-22(26-21)20-7-4-12-27(16-20)24(29)19-10-11-23(28)25-15-19/h2-3,5-6,8-11,13,15,20H,4,7,12,14,16H2,1H3,(H,25,28)/t20-/m0/s1. The summed E-state index contributed by atoms with van der Waals surface area (Å²) in [7, 11) is 0. The van der Waals surface area contributed by atoms with Crippen LogP contribution in [0.15, 0.2) is 65.6 Å². The van der Waals surface area contributed by atoms with Gasteiger partial charge in [-0.2, -0.15) is 0 Å². The van der Waals surface area contributed by atoms with Crippen LogP contribution in [0.1, 0.15) is 51.6 Å². The molecule has 0 spiro atoms. The number of aromatic nitrogens is 2. The number of rotatable bonds is 4. The number of aromatic amines is 1. The van der Waals surface area contributed by atoms with Crippen LogP contribution >= 0.6 is 0 Å². The number of nitrogens with zero attached hydrogens (tertiary/aromatic N) is 2. The number of piperidine rings is 1. The molecule has 1 aliphatic rings. The van der Waals surface area contributed by atoms with Crippen molar-refractivity contribution >= 4 is 5.91 Å². The minimum Gasteiger partial charge on any atom is -0.338 e. The highest BCUT2D eigenvalue weighted by Crippen LogP contribution is 2.27. The molecule has 29 heavy (non-hydrogen) atoms. The Balaban J connectivity index is 1.48. The van der Waals surface area contributed by atoms with Crippen LogP contribution in [0.25, 0.3) is 0 Å². The van der Waals surface area contributed by atoms with E-state index in [9.17, 15) is 9.59 Å². The van der Waals surface area contributed by atoms with Crippen molar-refractivity contribution in [3.63, 3.8) is 0 Å². The summed E-state index contributed by atoms with van der Waals surface area (Å²) in [5.74, 6) is 0.190. The van der Waals surface area contributed by atoms with Gasteiger partial charge < -0.3 is 9.88 Å². The molecule has 5 nitrogen and oxygen atoms in total. The number of aryl methyl sites for hydroxylation is 1. The van der Waals surface area contributed by atoms with E-state index in [1.54, 1.807) is 6.07 Å². The number of hydrogen-bond acceptors (Lipinski definition) is 3. The fraction of sp³-hybridized carbons (Fsp3) is 0.292. The molecule has 1 N–H and O–H groups in total. The van der Waals surface area contributed by atoms with Gasteiger partial charge in [-0.25, -0.2) is 0 Å². The Kier molecular flexibility index (Phi) is 5.56. The molecule has 1 saturated heterocycles. The molecule has 0 bridgehead atoms. The fourth-order valence-electron chi connectivity index (χ4n) is 3.98. The van der Waals surface area contributed by atoms with Crippen molar-refractivity contribution in [1.29, 1.82) is 0 Å². The SMILES string of the molecule is Cc1cccc(Cc2cccc([C@H]3CCCN(C(=O)c4ccc(=O)[nH]c4)C3)n2)c1. The van der Waals surface area contributed by atoms with Gasteiger partial charge in [-0.15, -0.1) is 0 Å². The summed E-state index contributed by atoms with van der Waals surface area (Å²) in [4.78, 5) is 33.4. The van der Waals surface area contributed by atoms with Crippen molar-refractivity contribution in [3.05, 3.63) is 99.2 Å². The third kappa shape index (κ3) is 4.62. The number of benzene rings is 1. The number of nitrogens with one attached hydrogen (secondary N) is 1. The molecule has 0 saturated carbocycles. The van der Waals surface area contributed by atoms with Crippen LogP contribution in [0.2, 0.25) is 0 Å². The Morgan fingerprint density at radius 3 is 2.83 bits per heavy atom. The minimum absolute atomic E-state index is 0.0399. The first kappa shape index (κ1) is 19.1. The molecule has 1 amide bonds. The van der Waals surface area contributed by atoms with Crippen molar-refractivity contribution in [1.82, 2.24) is 14.9 Å². The predicted molar refractivity (Wildman–Crippen MR) is 113 cm³/mol. The Hall–Kier alpha value is -3.21. The highest BCUT2D eigenvalue weighted by atomic mass is 16.2. The molecule has 5 heteroatoms. The average Bonchev–Trinajstić information content (AvgIpc) is 2.74. The van der Waals surface area contributed by atoms with Crippen molar-refractivity contribution in [3.8, 4) is 0 Å².